The van der Waals surface area contributed by atoms with Gasteiger partial charge >= 0.3 is 11.9 Å². The predicted octanol–water partition coefficient (Wildman–Crippen LogP) is -1.90. The molecule has 0 aromatic carbocycles. The Morgan fingerprint density at radius 1 is 0.778 bits per heavy atom. The summed E-state index contributed by atoms with van der Waals surface area (Å²) in [6.45, 7) is 0.846. The number of unbranched alkanes of at least 4 members (excludes halogenated alkanes) is 2. The maximum atomic E-state index is 12.3. The lowest BCUT2D eigenvalue weighted by Gasteiger charge is -2.22. The fraction of sp³-hybridized carbons (Fsp3) is 0.750. The van der Waals surface area contributed by atoms with Crippen LogP contribution in [-0.4, -0.2) is 65.2 Å². The molecule has 0 saturated heterocycles. The van der Waals surface area contributed by atoms with Gasteiger partial charge in [0.15, 0.2) is 0 Å². The van der Waals surface area contributed by atoms with Crippen molar-refractivity contribution in [1.29, 1.82) is 0 Å². The number of amides is 2. The van der Waals surface area contributed by atoms with Crippen LogP contribution in [0, 0.1) is 0 Å². The summed E-state index contributed by atoms with van der Waals surface area (Å²) in [5.41, 5.74) is 16.5. The lowest BCUT2D eigenvalue weighted by Crippen LogP contribution is -2.55. The third kappa shape index (κ3) is 11.2. The molecule has 0 radical (unpaired) electrons. The average Bonchev–Trinajstić information content (AvgIpc) is 2.59. The Morgan fingerprint density at radius 3 is 1.78 bits per heavy atom. The van der Waals surface area contributed by atoms with Crippen LogP contribution in [0.2, 0.25) is 0 Å². The summed E-state index contributed by atoms with van der Waals surface area (Å²) in [5.74, 6) is -4.13. The number of carboxylic acid groups (broad SMARTS) is 2. The zero-order valence-corrected chi connectivity index (χ0v) is 15.4. The smallest absolute Gasteiger partial charge is 0.326 e. The largest absolute Gasteiger partial charge is 0.481 e. The lowest BCUT2D eigenvalue weighted by molar-refractivity contribution is -0.143. The van der Waals surface area contributed by atoms with Crippen molar-refractivity contribution in [1.82, 2.24) is 10.6 Å². The van der Waals surface area contributed by atoms with E-state index in [1.165, 1.54) is 0 Å². The van der Waals surface area contributed by atoms with Crippen molar-refractivity contribution in [3.05, 3.63) is 0 Å². The molecule has 11 heteroatoms. The minimum Gasteiger partial charge on any atom is -0.481 e. The molecular formula is C16H31N5O6. The number of carbonyl (C=O) groups is 4. The van der Waals surface area contributed by atoms with Gasteiger partial charge in [0.1, 0.15) is 12.1 Å². The summed E-state index contributed by atoms with van der Waals surface area (Å²) < 4.78 is 0. The van der Waals surface area contributed by atoms with Crippen LogP contribution in [0.15, 0.2) is 0 Å². The van der Waals surface area contributed by atoms with Crippen LogP contribution in [0.4, 0.5) is 0 Å². The first kappa shape index (κ1) is 24.8. The van der Waals surface area contributed by atoms with Crippen molar-refractivity contribution in [2.75, 3.05) is 13.1 Å². The van der Waals surface area contributed by atoms with Gasteiger partial charge in [0.2, 0.25) is 11.8 Å². The Bertz CT molecular complexity index is 502. The highest BCUT2D eigenvalue weighted by molar-refractivity contribution is 5.93. The number of hydrogen-bond acceptors (Lipinski definition) is 7. The Labute approximate surface area is 158 Å². The zero-order valence-electron chi connectivity index (χ0n) is 15.4. The summed E-state index contributed by atoms with van der Waals surface area (Å²) in [5, 5.41) is 22.7. The minimum absolute atomic E-state index is 0.143. The van der Waals surface area contributed by atoms with E-state index >= 15 is 0 Å². The number of carbonyl (C=O) groups excluding carboxylic acids is 2. The van der Waals surface area contributed by atoms with Crippen LogP contribution in [0.25, 0.3) is 0 Å². The first-order chi connectivity index (χ1) is 12.7. The highest BCUT2D eigenvalue weighted by atomic mass is 16.4. The van der Waals surface area contributed by atoms with Gasteiger partial charge in [-0.1, -0.05) is 6.42 Å². The standard InChI is InChI=1S/C16H31N5O6/c17-7-3-1-5-10(19)14(24)21-12(9-13(22)23)15(25)20-11(16(26)27)6-2-4-8-18/h10-12H,1-9,17-19H2,(H,20,25)(H,21,24)(H,22,23)(H,26,27)/t10-,11-,12-/m0/s1. The molecule has 0 aliphatic carbocycles. The second-order valence-corrected chi connectivity index (χ2v) is 6.23. The molecule has 27 heavy (non-hydrogen) atoms. The molecule has 0 aromatic heterocycles. The minimum atomic E-state index is -1.42. The summed E-state index contributed by atoms with van der Waals surface area (Å²) in [6, 6.07) is -3.54. The topological polar surface area (TPSA) is 211 Å². The normalized spacial score (nSPS) is 14.0. The van der Waals surface area contributed by atoms with Crippen molar-refractivity contribution in [2.24, 2.45) is 17.2 Å². The van der Waals surface area contributed by atoms with Crippen molar-refractivity contribution < 1.29 is 29.4 Å². The first-order valence-corrected chi connectivity index (χ1v) is 8.94. The fourth-order valence-electron chi connectivity index (χ4n) is 2.32. The maximum Gasteiger partial charge on any atom is 0.326 e. The Morgan fingerprint density at radius 2 is 1.30 bits per heavy atom. The molecule has 10 N–H and O–H groups in total. The Hall–Kier alpha value is -2.24. The second kappa shape index (κ2) is 13.9. The molecule has 0 aliphatic rings. The van der Waals surface area contributed by atoms with Crippen LogP contribution < -0.4 is 27.8 Å². The van der Waals surface area contributed by atoms with Crippen LogP contribution in [-0.2, 0) is 19.2 Å². The van der Waals surface area contributed by atoms with Crippen molar-refractivity contribution in [3.8, 4) is 0 Å². The number of nitrogens with two attached hydrogens (primary N) is 3. The molecule has 0 aromatic rings. The van der Waals surface area contributed by atoms with Gasteiger partial charge in [-0.15, -0.1) is 0 Å². The molecule has 0 aliphatic heterocycles. The van der Waals surface area contributed by atoms with Gasteiger partial charge in [0, 0.05) is 0 Å². The second-order valence-electron chi connectivity index (χ2n) is 6.23. The van der Waals surface area contributed by atoms with E-state index in [1.807, 2.05) is 0 Å². The molecule has 2 amide bonds. The third-order valence-electron chi connectivity index (χ3n) is 3.88. The lowest BCUT2D eigenvalue weighted by atomic mass is 10.1. The molecule has 0 fully saturated rings. The van der Waals surface area contributed by atoms with E-state index in [9.17, 15) is 24.3 Å². The third-order valence-corrected chi connectivity index (χ3v) is 3.88. The fourth-order valence-corrected chi connectivity index (χ4v) is 2.32. The molecular weight excluding hydrogens is 358 g/mol. The molecule has 0 saturated carbocycles. The number of aliphatic carboxylic acids is 2. The van der Waals surface area contributed by atoms with Gasteiger partial charge in [0.25, 0.3) is 0 Å². The van der Waals surface area contributed by atoms with E-state index in [1.54, 1.807) is 0 Å². The van der Waals surface area contributed by atoms with Crippen molar-refractivity contribution in [3.63, 3.8) is 0 Å². The predicted molar refractivity (Wildman–Crippen MR) is 97.5 cm³/mol. The number of nitrogens with one attached hydrogen (secondary N) is 2. The van der Waals surface area contributed by atoms with Crippen molar-refractivity contribution in [2.45, 2.75) is 63.1 Å². The van der Waals surface area contributed by atoms with Gasteiger partial charge in [-0.05, 0) is 45.2 Å². The van der Waals surface area contributed by atoms with E-state index in [2.05, 4.69) is 10.6 Å². The average molecular weight is 389 g/mol. The maximum absolute atomic E-state index is 12.3. The number of carboxylic acids is 2. The quantitative estimate of drug-likeness (QED) is 0.156. The van der Waals surface area contributed by atoms with Crippen LogP contribution in [0.5, 0.6) is 0 Å². The highest BCUT2D eigenvalue weighted by Gasteiger charge is 2.29. The van der Waals surface area contributed by atoms with Gasteiger partial charge in [-0.3, -0.25) is 14.4 Å². The highest BCUT2D eigenvalue weighted by Crippen LogP contribution is 2.04. The molecule has 156 valence electrons. The van der Waals surface area contributed by atoms with Crippen LogP contribution >= 0.6 is 0 Å². The molecule has 0 bridgehead atoms. The molecule has 0 heterocycles. The molecule has 3 atom stereocenters. The summed E-state index contributed by atoms with van der Waals surface area (Å²) in [7, 11) is 0. The van der Waals surface area contributed by atoms with Crippen LogP contribution in [0.3, 0.4) is 0 Å². The zero-order chi connectivity index (χ0) is 20.8. The van der Waals surface area contributed by atoms with Gasteiger partial charge in [-0.25, -0.2) is 4.79 Å². The molecule has 11 nitrogen and oxygen atoms in total. The monoisotopic (exact) mass is 389 g/mol. The first-order valence-electron chi connectivity index (χ1n) is 8.94. The van der Waals surface area contributed by atoms with E-state index in [0.717, 1.165) is 0 Å². The van der Waals surface area contributed by atoms with Gasteiger partial charge in [0.05, 0.1) is 12.5 Å². The van der Waals surface area contributed by atoms with Gasteiger partial charge < -0.3 is 38.0 Å². The van der Waals surface area contributed by atoms with E-state index in [-0.39, 0.29) is 6.42 Å². The molecule has 0 unspecified atom stereocenters. The number of hydrogen-bond donors (Lipinski definition) is 7. The Kier molecular flexibility index (Phi) is 12.7. The summed E-state index contributed by atoms with van der Waals surface area (Å²) >= 11 is 0. The van der Waals surface area contributed by atoms with Crippen LogP contribution in [0.1, 0.15) is 44.9 Å². The summed E-state index contributed by atoms with van der Waals surface area (Å²) in [4.78, 5) is 46.7. The number of rotatable bonds is 15. The molecule has 0 rings (SSSR count). The van der Waals surface area contributed by atoms with Gasteiger partial charge in [-0.2, -0.15) is 0 Å². The van der Waals surface area contributed by atoms with E-state index < -0.39 is 48.3 Å². The van der Waals surface area contributed by atoms with E-state index in [0.29, 0.717) is 45.2 Å². The molecule has 0 spiro atoms. The Balaban J connectivity index is 4.88. The summed E-state index contributed by atoms with van der Waals surface area (Å²) in [6.07, 6.45) is 2.16. The van der Waals surface area contributed by atoms with Crippen molar-refractivity contribution >= 4 is 23.8 Å². The van der Waals surface area contributed by atoms with E-state index in [4.69, 9.17) is 22.3 Å². The SMILES string of the molecule is NCCCC[C@H](NC(=O)[C@H](CC(=O)O)NC(=O)[C@@H](N)CCCCN)C(=O)O.